The molecular weight excluding hydrogens is 317 g/mol. The van der Waals surface area contributed by atoms with Crippen LogP contribution in [0.25, 0.3) is 0 Å². The molecule has 1 aromatic carbocycles. The van der Waals surface area contributed by atoms with E-state index in [0.29, 0.717) is 0 Å². The van der Waals surface area contributed by atoms with Crippen molar-refractivity contribution in [2.75, 3.05) is 5.73 Å². The van der Waals surface area contributed by atoms with Gasteiger partial charge in [-0.3, -0.25) is 4.98 Å². The Morgan fingerprint density at radius 1 is 1.17 bits per heavy atom. The van der Waals surface area contributed by atoms with Crippen LogP contribution in [-0.4, -0.2) is 27.5 Å². The van der Waals surface area contributed by atoms with Crippen LogP contribution >= 0.6 is 0 Å². The molecule has 0 fully saturated rings. The Bertz CT molecular complexity index is 773. The molecule has 0 amide bonds. The summed E-state index contributed by atoms with van der Waals surface area (Å²) in [5.74, 6) is -2.83. The summed E-state index contributed by atoms with van der Waals surface area (Å²) in [6, 6.07) is 2.11. The summed E-state index contributed by atoms with van der Waals surface area (Å²) in [6.07, 6.45) is 3.91. The van der Waals surface area contributed by atoms with Gasteiger partial charge < -0.3 is 15.2 Å². The zero-order chi connectivity index (χ0) is 17.9. The van der Waals surface area contributed by atoms with Crippen LogP contribution in [0.2, 0.25) is 0 Å². The Labute approximate surface area is 137 Å². The predicted molar refractivity (Wildman–Crippen MR) is 83.0 cm³/mol. The second kappa shape index (κ2) is 6.61. The molecule has 2 N–H and O–H groups in total. The van der Waals surface area contributed by atoms with E-state index < -0.39 is 28.9 Å². The maximum atomic E-state index is 14.0. The molecule has 0 aliphatic heterocycles. The third kappa shape index (κ3) is 4.03. The van der Waals surface area contributed by atoms with Crippen LogP contribution in [0.15, 0.2) is 30.7 Å². The molecule has 1 heterocycles. The smallest absolute Gasteiger partial charge is 0.364 e. The van der Waals surface area contributed by atoms with Gasteiger partial charge in [-0.2, -0.15) is 0 Å². The van der Waals surface area contributed by atoms with Gasteiger partial charge in [0, 0.05) is 12.4 Å². The monoisotopic (exact) mass is 333 g/mol. The molecule has 0 saturated carbocycles. The van der Waals surface area contributed by atoms with E-state index in [1.54, 1.807) is 20.8 Å². The zero-order valence-corrected chi connectivity index (χ0v) is 13.4. The second-order valence-electron chi connectivity index (χ2n) is 5.82. The van der Waals surface area contributed by atoms with E-state index in [2.05, 4.69) is 9.97 Å². The zero-order valence-electron chi connectivity index (χ0n) is 13.4. The molecule has 7 nitrogen and oxygen atoms in total. The van der Waals surface area contributed by atoms with Crippen molar-refractivity contribution in [2.24, 2.45) is 0 Å². The van der Waals surface area contributed by atoms with Crippen molar-refractivity contribution < 1.29 is 23.5 Å². The number of hydrogen-bond donors (Lipinski definition) is 1. The lowest BCUT2D eigenvalue weighted by Crippen LogP contribution is -2.25. The van der Waals surface area contributed by atoms with Gasteiger partial charge in [0.05, 0.1) is 11.9 Å². The van der Waals surface area contributed by atoms with Crippen molar-refractivity contribution in [1.29, 1.82) is 0 Å². The van der Waals surface area contributed by atoms with Gasteiger partial charge in [-0.1, -0.05) is 0 Å². The van der Waals surface area contributed by atoms with Crippen LogP contribution in [0.3, 0.4) is 0 Å². The predicted octanol–water partition coefficient (Wildman–Crippen LogP) is 2.37. The SMILES string of the molecule is CC(C)(C)OC(=O)c1c(F)ccc(OC(=O)c2cnccn2)c1N. The quantitative estimate of drug-likeness (QED) is 0.522. The summed E-state index contributed by atoms with van der Waals surface area (Å²) in [5, 5.41) is 0. The Balaban J connectivity index is 2.31. The van der Waals surface area contributed by atoms with E-state index in [0.717, 1.165) is 12.1 Å². The minimum absolute atomic E-state index is 0.0555. The van der Waals surface area contributed by atoms with Crippen LogP contribution < -0.4 is 10.5 Å². The van der Waals surface area contributed by atoms with Crippen molar-refractivity contribution in [1.82, 2.24) is 9.97 Å². The summed E-state index contributed by atoms with van der Waals surface area (Å²) in [4.78, 5) is 31.6. The highest BCUT2D eigenvalue weighted by Gasteiger charge is 2.26. The average molecular weight is 333 g/mol. The highest BCUT2D eigenvalue weighted by molar-refractivity contribution is 5.98. The molecule has 8 heteroatoms. The summed E-state index contributed by atoms with van der Waals surface area (Å²) < 4.78 is 24.1. The number of anilines is 1. The molecule has 0 aliphatic carbocycles. The van der Waals surface area contributed by atoms with E-state index >= 15 is 0 Å². The second-order valence-corrected chi connectivity index (χ2v) is 5.82. The number of carbonyl (C=O) groups is 2. The van der Waals surface area contributed by atoms with Gasteiger partial charge in [-0.05, 0) is 32.9 Å². The van der Waals surface area contributed by atoms with Crippen LogP contribution in [0.5, 0.6) is 5.75 Å². The third-order valence-electron chi connectivity index (χ3n) is 2.73. The van der Waals surface area contributed by atoms with E-state index in [1.165, 1.54) is 18.6 Å². The molecule has 1 aromatic heterocycles. The van der Waals surface area contributed by atoms with Crippen LogP contribution in [0.4, 0.5) is 10.1 Å². The van der Waals surface area contributed by atoms with Crippen LogP contribution in [0.1, 0.15) is 41.6 Å². The Kier molecular flexibility index (Phi) is 4.77. The first kappa shape index (κ1) is 17.3. The molecule has 2 aromatic rings. The average Bonchev–Trinajstić information content (AvgIpc) is 2.49. The van der Waals surface area contributed by atoms with Gasteiger partial charge in [0.15, 0.2) is 11.4 Å². The topological polar surface area (TPSA) is 104 Å². The number of hydrogen-bond acceptors (Lipinski definition) is 7. The minimum Gasteiger partial charge on any atom is -0.456 e. The van der Waals surface area contributed by atoms with Crippen molar-refractivity contribution in [3.63, 3.8) is 0 Å². The summed E-state index contributed by atoms with van der Waals surface area (Å²) in [5.41, 5.74) is 4.07. The largest absolute Gasteiger partial charge is 0.456 e. The molecule has 0 radical (unpaired) electrons. The van der Waals surface area contributed by atoms with Gasteiger partial charge in [-0.25, -0.2) is 19.0 Å². The minimum atomic E-state index is -0.949. The number of esters is 2. The first-order valence-electron chi connectivity index (χ1n) is 6.98. The van der Waals surface area contributed by atoms with Crippen molar-refractivity contribution in [2.45, 2.75) is 26.4 Å². The maximum absolute atomic E-state index is 14.0. The molecule has 0 atom stereocenters. The summed E-state index contributed by atoms with van der Waals surface area (Å²) in [6.45, 7) is 4.91. The molecule has 126 valence electrons. The third-order valence-corrected chi connectivity index (χ3v) is 2.73. The molecule has 24 heavy (non-hydrogen) atoms. The first-order chi connectivity index (χ1) is 11.2. The van der Waals surface area contributed by atoms with Crippen LogP contribution in [-0.2, 0) is 4.74 Å². The maximum Gasteiger partial charge on any atom is 0.364 e. The molecule has 0 saturated heterocycles. The van der Waals surface area contributed by atoms with E-state index in [1.807, 2.05) is 0 Å². The van der Waals surface area contributed by atoms with Crippen molar-refractivity contribution in [3.05, 3.63) is 47.8 Å². The van der Waals surface area contributed by atoms with Gasteiger partial charge in [0.25, 0.3) is 0 Å². The lowest BCUT2D eigenvalue weighted by Gasteiger charge is -2.20. The number of ether oxygens (including phenoxy) is 2. The number of nitrogen functional groups attached to an aromatic ring is 1. The van der Waals surface area contributed by atoms with Gasteiger partial charge in [-0.15, -0.1) is 0 Å². The molecule has 0 aliphatic rings. The van der Waals surface area contributed by atoms with Gasteiger partial charge in [0.2, 0.25) is 0 Å². The number of carbonyl (C=O) groups excluding carboxylic acids is 2. The first-order valence-corrected chi connectivity index (χ1v) is 6.98. The molecule has 2 rings (SSSR count). The lowest BCUT2D eigenvalue weighted by atomic mass is 10.1. The number of aromatic nitrogens is 2. The molecular formula is C16H16FN3O4. The fourth-order valence-corrected chi connectivity index (χ4v) is 1.76. The molecule has 0 unspecified atom stereocenters. The normalized spacial score (nSPS) is 11.0. The Morgan fingerprint density at radius 3 is 2.46 bits per heavy atom. The Hall–Kier alpha value is -3.03. The summed E-state index contributed by atoms with van der Waals surface area (Å²) >= 11 is 0. The summed E-state index contributed by atoms with van der Waals surface area (Å²) in [7, 11) is 0. The number of nitrogens with zero attached hydrogens (tertiary/aromatic N) is 2. The standard InChI is InChI=1S/C16H16FN3O4/c1-16(2,3)24-15(22)12-9(17)4-5-11(13(12)18)23-14(21)10-8-19-6-7-20-10/h4-8H,18H2,1-3H3. The van der Waals surface area contributed by atoms with Crippen LogP contribution in [0, 0.1) is 5.82 Å². The fourth-order valence-electron chi connectivity index (χ4n) is 1.76. The van der Waals surface area contributed by atoms with Gasteiger partial charge in [0.1, 0.15) is 17.0 Å². The highest BCUT2D eigenvalue weighted by atomic mass is 19.1. The number of halogens is 1. The van der Waals surface area contributed by atoms with Gasteiger partial charge >= 0.3 is 11.9 Å². The molecule has 0 spiro atoms. The van der Waals surface area contributed by atoms with Crippen molar-refractivity contribution in [3.8, 4) is 5.75 Å². The number of nitrogens with two attached hydrogens (primary N) is 1. The lowest BCUT2D eigenvalue weighted by molar-refractivity contribution is 0.00652. The highest BCUT2D eigenvalue weighted by Crippen LogP contribution is 2.30. The Morgan fingerprint density at radius 2 is 1.88 bits per heavy atom. The van der Waals surface area contributed by atoms with E-state index in [-0.39, 0.29) is 17.1 Å². The fraction of sp³-hybridized carbons (Fsp3) is 0.250. The van der Waals surface area contributed by atoms with E-state index in [4.69, 9.17) is 15.2 Å². The molecule has 0 bridgehead atoms. The number of rotatable bonds is 3. The van der Waals surface area contributed by atoms with Crippen molar-refractivity contribution >= 4 is 17.6 Å². The van der Waals surface area contributed by atoms with E-state index in [9.17, 15) is 14.0 Å². The number of benzene rings is 1.